The van der Waals surface area contributed by atoms with Crippen molar-refractivity contribution in [2.24, 2.45) is 0 Å². The number of ether oxygens (including phenoxy) is 3. The van der Waals surface area contributed by atoms with Crippen molar-refractivity contribution in [1.29, 1.82) is 0 Å². The zero-order valence-corrected chi connectivity index (χ0v) is 25.0. The second-order valence-corrected chi connectivity index (χ2v) is 10.9. The minimum atomic E-state index is -0.305. The van der Waals surface area contributed by atoms with E-state index in [2.05, 4.69) is 31.3 Å². The SMILES string of the molecule is CCc1ccc(NC(=O)N(CCCOC)CC(=O)N(CCc2ccc(OC)c(OC)c2)Cc2ccc(C)s2)cc1. The summed E-state index contributed by atoms with van der Waals surface area (Å²) in [6.45, 7) is 6.00. The summed E-state index contributed by atoms with van der Waals surface area (Å²) in [5.74, 6) is 1.20. The van der Waals surface area contributed by atoms with E-state index >= 15 is 0 Å². The fourth-order valence-electron chi connectivity index (χ4n) is 4.29. The van der Waals surface area contributed by atoms with Crippen molar-refractivity contribution in [3.63, 3.8) is 0 Å². The lowest BCUT2D eigenvalue weighted by molar-refractivity contribution is -0.132. The van der Waals surface area contributed by atoms with Crippen LogP contribution >= 0.6 is 11.3 Å². The molecule has 1 aromatic heterocycles. The van der Waals surface area contributed by atoms with Crippen LogP contribution in [0.3, 0.4) is 0 Å². The summed E-state index contributed by atoms with van der Waals surface area (Å²) in [4.78, 5) is 32.7. The molecule has 0 unspecified atom stereocenters. The third kappa shape index (κ3) is 9.27. The number of nitrogens with zero attached hydrogens (tertiary/aromatic N) is 2. The smallest absolute Gasteiger partial charge is 0.322 e. The molecule has 0 aliphatic rings. The van der Waals surface area contributed by atoms with Gasteiger partial charge >= 0.3 is 6.03 Å². The number of hydrogen-bond acceptors (Lipinski definition) is 6. The lowest BCUT2D eigenvalue weighted by atomic mass is 10.1. The number of hydrogen-bond donors (Lipinski definition) is 1. The molecular weight excluding hydrogens is 526 g/mol. The van der Waals surface area contributed by atoms with Crippen LogP contribution in [0.4, 0.5) is 10.5 Å². The Kier molecular flexibility index (Phi) is 12.3. The highest BCUT2D eigenvalue weighted by Crippen LogP contribution is 2.28. The Balaban J connectivity index is 1.75. The van der Waals surface area contributed by atoms with E-state index in [0.717, 1.165) is 16.9 Å². The summed E-state index contributed by atoms with van der Waals surface area (Å²) >= 11 is 1.67. The molecule has 1 heterocycles. The van der Waals surface area contributed by atoms with Gasteiger partial charge in [-0.25, -0.2) is 4.79 Å². The first-order valence-corrected chi connectivity index (χ1v) is 14.4. The molecule has 0 saturated heterocycles. The third-order valence-corrected chi connectivity index (χ3v) is 7.60. The predicted molar refractivity (Wildman–Crippen MR) is 161 cm³/mol. The second-order valence-electron chi connectivity index (χ2n) is 9.52. The van der Waals surface area contributed by atoms with Gasteiger partial charge < -0.3 is 29.3 Å². The summed E-state index contributed by atoms with van der Waals surface area (Å²) in [5.41, 5.74) is 2.92. The van der Waals surface area contributed by atoms with Crippen molar-refractivity contribution in [1.82, 2.24) is 9.80 Å². The van der Waals surface area contributed by atoms with Crippen LogP contribution in [-0.2, 0) is 28.9 Å². The number of carbonyl (C=O) groups excluding carboxylic acids is 2. The molecular formula is C31H41N3O5S. The number of thiophene rings is 1. The van der Waals surface area contributed by atoms with Crippen molar-refractivity contribution in [2.45, 2.75) is 39.7 Å². The molecule has 2 aromatic carbocycles. The topological polar surface area (TPSA) is 80.3 Å². The third-order valence-electron chi connectivity index (χ3n) is 6.62. The van der Waals surface area contributed by atoms with Gasteiger partial charge in [0.05, 0.1) is 20.8 Å². The fraction of sp³-hybridized carbons (Fsp3) is 0.419. The molecule has 3 amide bonds. The van der Waals surface area contributed by atoms with Crippen LogP contribution in [0.2, 0.25) is 0 Å². The summed E-state index contributed by atoms with van der Waals surface area (Å²) in [5, 5.41) is 2.95. The predicted octanol–water partition coefficient (Wildman–Crippen LogP) is 5.78. The Morgan fingerprint density at radius 2 is 1.60 bits per heavy atom. The summed E-state index contributed by atoms with van der Waals surface area (Å²) < 4.78 is 16.0. The number of rotatable bonds is 15. The van der Waals surface area contributed by atoms with Gasteiger partial charge in [-0.1, -0.05) is 25.1 Å². The Labute approximate surface area is 241 Å². The number of nitrogens with one attached hydrogen (secondary N) is 1. The Hall–Kier alpha value is -3.56. The van der Waals surface area contributed by atoms with Gasteiger partial charge in [0, 0.05) is 42.2 Å². The number of amides is 3. The van der Waals surface area contributed by atoms with Gasteiger partial charge in [-0.05, 0) is 73.7 Å². The van der Waals surface area contributed by atoms with Gasteiger partial charge in [0.15, 0.2) is 11.5 Å². The number of aryl methyl sites for hydroxylation is 2. The van der Waals surface area contributed by atoms with Gasteiger partial charge in [0.1, 0.15) is 6.54 Å². The zero-order chi connectivity index (χ0) is 28.9. The largest absolute Gasteiger partial charge is 0.493 e. The molecule has 1 N–H and O–H groups in total. The van der Waals surface area contributed by atoms with Crippen LogP contribution in [-0.4, -0.2) is 69.3 Å². The lowest BCUT2D eigenvalue weighted by Gasteiger charge is -2.28. The minimum Gasteiger partial charge on any atom is -0.493 e. The fourth-order valence-corrected chi connectivity index (χ4v) is 5.20. The number of carbonyl (C=O) groups is 2. The second kappa shape index (κ2) is 15.9. The average Bonchev–Trinajstić information content (AvgIpc) is 3.39. The number of methoxy groups -OCH3 is 3. The molecule has 0 spiro atoms. The van der Waals surface area contributed by atoms with E-state index in [1.54, 1.807) is 37.6 Å². The van der Waals surface area contributed by atoms with Gasteiger partial charge in [-0.3, -0.25) is 4.79 Å². The molecule has 8 nitrogen and oxygen atoms in total. The summed E-state index contributed by atoms with van der Waals surface area (Å²) in [7, 11) is 4.84. The van der Waals surface area contributed by atoms with Crippen LogP contribution in [0, 0.1) is 6.92 Å². The Morgan fingerprint density at radius 3 is 2.23 bits per heavy atom. The molecule has 0 aliphatic heterocycles. The molecule has 9 heteroatoms. The summed E-state index contributed by atoms with van der Waals surface area (Å²) in [6.07, 6.45) is 2.19. The van der Waals surface area contributed by atoms with Gasteiger partial charge in [-0.2, -0.15) is 0 Å². The van der Waals surface area contributed by atoms with Crippen molar-refractivity contribution in [3.8, 4) is 11.5 Å². The maximum atomic E-state index is 13.7. The van der Waals surface area contributed by atoms with Crippen molar-refractivity contribution >= 4 is 29.0 Å². The monoisotopic (exact) mass is 567 g/mol. The van der Waals surface area contributed by atoms with E-state index in [-0.39, 0.29) is 18.5 Å². The van der Waals surface area contributed by atoms with Crippen LogP contribution in [0.1, 0.15) is 34.2 Å². The van der Waals surface area contributed by atoms with Crippen molar-refractivity contribution in [3.05, 3.63) is 75.5 Å². The first-order valence-electron chi connectivity index (χ1n) is 13.5. The maximum absolute atomic E-state index is 13.7. The highest BCUT2D eigenvalue weighted by atomic mass is 32.1. The molecule has 0 radical (unpaired) electrons. The van der Waals surface area contributed by atoms with Gasteiger partial charge in [0.2, 0.25) is 5.91 Å². The zero-order valence-electron chi connectivity index (χ0n) is 24.2. The molecule has 0 saturated carbocycles. The van der Waals surface area contributed by atoms with E-state index in [1.807, 2.05) is 47.4 Å². The lowest BCUT2D eigenvalue weighted by Crippen LogP contribution is -2.45. The molecule has 0 bridgehead atoms. The minimum absolute atomic E-state index is 0.0289. The van der Waals surface area contributed by atoms with E-state index in [9.17, 15) is 9.59 Å². The maximum Gasteiger partial charge on any atom is 0.322 e. The van der Waals surface area contributed by atoms with Crippen LogP contribution < -0.4 is 14.8 Å². The van der Waals surface area contributed by atoms with Crippen LogP contribution in [0.5, 0.6) is 11.5 Å². The number of benzene rings is 2. The first-order chi connectivity index (χ1) is 19.4. The first kappa shape index (κ1) is 31.0. The average molecular weight is 568 g/mol. The molecule has 0 fully saturated rings. The molecule has 40 heavy (non-hydrogen) atoms. The van der Waals surface area contributed by atoms with Crippen molar-refractivity contribution in [2.75, 3.05) is 52.9 Å². The Morgan fingerprint density at radius 1 is 0.875 bits per heavy atom. The van der Waals surface area contributed by atoms with E-state index in [0.29, 0.717) is 56.3 Å². The Bertz CT molecular complexity index is 1230. The molecule has 3 aromatic rings. The van der Waals surface area contributed by atoms with Crippen LogP contribution in [0.15, 0.2) is 54.6 Å². The highest BCUT2D eigenvalue weighted by molar-refractivity contribution is 7.11. The highest BCUT2D eigenvalue weighted by Gasteiger charge is 2.22. The van der Waals surface area contributed by atoms with E-state index < -0.39 is 0 Å². The quantitative estimate of drug-likeness (QED) is 0.236. The van der Waals surface area contributed by atoms with E-state index in [1.165, 1.54) is 10.4 Å². The van der Waals surface area contributed by atoms with Crippen LogP contribution in [0.25, 0.3) is 0 Å². The molecule has 216 valence electrons. The van der Waals surface area contributed by atoms with Gasteiger partial charge in [-0.15, -0.1) is 11.3 Å². The standard InChI is InChI=1S/C31H41N3O5S/c1-6-24-9-12-26(13-10-24)32-31(36)34(17-7-19-37-3)22-30(35)33(21-27-14-8-23(2)40-27)18-16-25-11-15-28(38-4)29(20-25)39-5/h8-15,20H,6-7,16-19,21-22H2,1-5H3,(H,32,36). The molecule has 0 atom stereocenters. The molecule has 3 rings (SSSR count). The number of anilines is 1. The molecule has 0 aliphatic carbocycles. The normalized spacial score (nSPS) is 10.7. The van der Waals surface area contributed by atoms with E-state index in [4.69, 9.17) is 14.2 Å². The van der Waals surface area contributed by atoms with Crippen molar-refractivity contribution < 1.29 is 23.8 Å². The van der Waals surface area contributed by atoms with Gasteiger partial charge in [0.25, 0.3) is 0 Å². The number of urea groups is 1. The summed E-state index contributed by atoms with van der Waals surface area (Å²) in [6, 6.07) is 17.4.